The van der Waals surface area contributed by atoms with E-state index in [1.165, 1.54) is 11.3 Å². The van der Waals surface area contributed by atoms with E-state index in [9.17, 15) is 14.4 Å². The van der Waals surface area contributed by atoms with Crippen LogP contribution in [-0.2, 0) is 9.53 Å². The summed E-state index contributed by atoms with van der Waals surface area (Å²) in [5.74, 6) is -0.104. The number of hydrogen-bond donors (Lipinski definition) is 1. The SMILES string of the molecule is Cc1sc2nc([C@@H](C)OC(=O)c3ccc(N4CCCC4=O)cc3)[nH]c(=O)c2c1C. The molecule has 29 heavy (non-hydrogen) atoms. The molecule has 2 aromatic heterocycles. The Morgan fingerprint density at radius 1 is 1.24 bits per heavy atom. The molecule has 8 heteroatoms. The molecule has 1 saturated heterocycles. The summed E-state index contributed by atoms with van der Waals surface area (Å²) in [4.78, 5) is 47.4. The van der Waals surface area contributed by atoms with Gasteiger partial charge in [0.2, 0.25) is 5.91 Å². The minimum absolute atomic E-state index is 0.0958. The van der Waals surface area contributed by atoms with Crippen LogP contribution in [0.4, 0.5) is 5.69 Å². The van der Waals surface area contributed by atoms with E-state index in [1.807, 2.05) is 13.8 Å². The van der Waals surface area contributed by atoms with Crippen molar-refractivity contribution in [3.05, 3.63) is 56.4 Å². The predicted octanol–water partition coefficient (Wildman–Crippen LogP) is 3.65. The number of aromatic nitrogens is 2. The quantitative estimate of drug-likeness (QED) is 0.662. The highest BCUT2D eigenvalue weighted by Gasteiger charge is 2.23. The van der Waals surface area contributed by atoms with Crippen molar-refractivity contribution >= 4 is 39.1 Å². The molecule has 0 spiro atoms. The third kappa shape index (κ3) is 3.55. The van der Waals surface area contributed by atoms with Gasteiger partial charge in [-0.1, -0.05) is 0 Å². The van der Waals surface area contributed by atoms with Gasteiger partial charge in [0.05, 0.1) is 10.9 Å². The number of nitrogens with one attached hydrogen (secondary N) is 1. The fraction of sp³-hybridized carbons (Fsp3) is 0.333. The Morgan fingerprint density at radius 2 is 1.97 bits per heavy atom. The molecule has 0 unspecified atom stereocenters. The summed E-state index contributed by atoms with van der Waals surface area (Å²) in [6, 6.07) is 6.77. The van der Waals surface area contributed by atoms with Gasteiger partial charge >= 0.3 is 5.97 Å². The number of esters is 1. The average Bonchev–Trinajstić information content (AvgIpc) is 3.25. The summed E-state index contributed by atoms with van der Waals surface area (Å²) < 4.78 is 5.50. The van der Waals surface area contributed by atoms with Crippen LogP contribution in [0.15, 0.2) is 29.1 Å². The first kappa shape index (κ1) is 19.3. The average molecular weight is 411 g/mol. The Kier molecular flexibility index (Phi) is 4.96. The van der Waals surface area contributed by atoms with E-state index in [2.05, 4.69) is 9.97 Å². The van der Waals surface area contributed by atoms with Gasteiger partial charge in [-0.05, 0) is 57.0 Å². The number of hydrogen-bond acceptors (Lipinski definition) is 6. The maximum absolute atomic E-state index is 12.5. The van der Waals surface area contributed by atoms with Gasteiger partial charge in [-0.15, -0.1) is 11.3 Å². The molecule has 3 heterocycles. The molecule has 0 aliphatic carbocycles. The number of H-pyrrole nitrogens is 1. The second-order valence-corrected chi connectivity index (χ2v) is 8.36. The molecule has 7 nitrogen and oxygen atoms in total. The van der Waals surface area contributed by atoms with Gasteiger partial charge in [0.1, 0.15) is 4.83 Å². The number of anilines is 1. The predicted molar refractivity (Wildman–Crippen MR) is 112 cm³/mol. The Morgan fingerprint density at radius 3 is 2.62 bits per heavy atom. The van der Waals surface area contributed by atoms with E-state index in [4.69, 9.17) is 4.74 Å². The summed E-state index contributed by atoms with van der Waals surface area (Å²) in [6.45, 7) is 6.21. The Balaban J connectivity index is 1.51. The molecular formula is C21H21N3O4S. The molecule has 1 fully saturated rings. The largest absolute Gasteiger partial charge is 0.451 e. The molecule has 4 rings (SSSR count). The van der Waals surface area contributed by atoms with Gasteiger partial charge in [-0.3, -0.25) is 9.59 Å². The summed E-state index contributed by atoms with van der Waals surface area (Å²) in [5.41, 5.74) is 1.84. The number of aryl methyl sites for hydroxylation is 2. The number of amides is 1. The smallest absolute Gasteiger partial charge is 0.338 e. The van der Waals surface area contributed by atoms with Crippen molar-refractivity contribution < 1.29 is 14.3 Å². The molecular weight excluding hydrogens is 390 g/mol. The summed E-state index contributed by atoms with van der Waals surface area (Å²) >= 11 is 1.45. The van der Waals surface area contributed by atoms with Crippen molar-refractivity contribution in [1.29, 1.82) is 0 Å². The van der Waals surface area contributed by atoms with Crippen LogP contribution >= 0.6 is 11.3 Å². The molecule has 1 N–H and O–H groups in total. The van der Waals surface area contributed by atoms with Crippen molar-refractivity contribution in [3.63, 3.8) is 0 Å². The monoisotopic (exact) mass is 411 g/mol. The third-order valence-corrected chi connectivity index (χ3v) is 6.32. The lowest BCUT2D eigenvalue weighted by Gasteiger charge is -2.16. The maximum atomic E-state index is 12.5. The Hall–Kier alpha value is -3.00. The highest BCUT2D eigenvalue weighted by atomic mass is 32.1. The van der Waals surface area contributed by atoms with Gasteiger partial charge in [0.15, 0.2) is 11.9 Å². The normalized spacial score (nSPS) is 15.1. The van der Waals surface area contributed by atoms with Gasteiger partial charge in [-0.25, -0.2) is 9.78 Å². The summed E-state index contributed by atoms with van der Waals surface area (Å²) in [5, 5.41) is 0.585. The van der Waals surface area contributed by atoms with Gasteiger partial charge < -0.3 is 14.6 Å². The number of fused-ring (bicyclic) bond motifs is 1. The van der Waals surface area contributed by atoms with Crippen LogP contribution in [0.1, 0.15) is 52.5 Å². The molecule has 0 bridgehead atoms. The lowest BCUT2D eigenvalue weighted by atomic mass is 10.2. The molecule has 0 radical (unpaired) electrons. The number of nitrogens with zero attached hydrogens (tertiary/aromatic N) is 2. The van der Waals surface area contributed by atoms with Crippen molar-refractivity contribution in [2.75, 3.05) is 11.4 Å². The van der Waals surface area contributed by atoms with E-state index in [0.717, 1.165) is 22.5 Å². The summed E-state index contributed by atoms with van der Waals surface area (Å²) in [7, 11) is 0. The standard InChI is InChI=1S/C21H21N3O4S/c1-11-13(3)29-20-17(11)19(26)22-18(23-20)12(2)28-21(27)14-6-8-15(9-7-14)24-10-4-5-16(24)25/h6-9,12H,4-5,10H2,1-3H3,(H,22,23,26)/t12-/m1/s1. The van der Waals surface area contributed by atoms with E-state index in [-0.39, 0.29) is 11.5 Å². The maximum Gasteiger partial charge on any atom is 0.338 e. The highest BCUT2D eigenvalue weighted by Crippen LogP contribution is 2.27. The van der Waals surface area contributed by atoms with Crippen molar-refractivity contribution in [3.8, 4) is 0 Å². The van der Waals surface area contributed by atoms with E-state index < -0.39 is 12.1 Å². The highest BCUT2D eigenvalue weighted by molar-refractivity contribution is 7.18. The van der Waals surface area contributed by atoms with E-state index in [1.54, 1.807) is 36.1 Å². The fourth-order valence-corrected chi connectivity index (χ4v) is 4.48. The van der Waals surface area contributed by atoms with Gasteiger partial charge in [-0.2, -0.15) is 0 Å². The van der Waals surface area contributed by atoms with Crippen LogP contribution < -0.4 is 10.5 Å². The lowest BCUT2D eigenvalue weighted by Crippen LogP contribution is -2.23. The van der Waals surface area contributed by atoms with Crippen LogP contribution in [0.5, 0.6) is 0 Å². The number of ether oxygens (including phenoxy) is 1. The lowest BCUT2D eigenvalue weighted by molar-refractivity contribution is -0.117. The first-order chi connectivity index (χ1) is 13.8. The number of carbonyl (C=O) groups is 2. The molecule has 1 atom stereocenters. The van der Waals surface area contributed by atoms with Crippen molar-refractivity contribution in [1.82, 2.24) is 9.97 Å². The topological polar surface area (TPSA) is 92.4 Å². The second kappa shape index (κ2) is 7.44. The minimum Gasteiger partial charge on any atom is -0.451 e. The molecule has 1 aliphatic heterocycles. The first-order valence-corrected chi connectivity index (χ1v) is 10.3. The van der Waals surface area contributed by atoms with E-state index in [0.29, 0.717) is 34.6 Å². The van der Waals surface area contributed by atoms with Crippen LogP contribution in [0.2, 0.25) is 0 Å². The van der Waals surface area contributed by atoms with E-state index >= 15 is 0 Å². The van der Waals surface area contributed by atoms with Gasteiger partial charge in [0.25, 0.3) is 5.56 Å². The molecule has 1 aromatic carbocycles. The zero-order chi connectivity index (χ0) is 20.7. The van der Waals surface area contributed by atoms with Crippen LogP contribution in [0.25, 0.3) is 10.2 Å². The van der Waals surface area contributed by atoms with Crippen molar-refractivity contribution in [2.24, 2.45) is 0 Å². The molecule has 3 aromatic rings. The minimum atomic E-state index is -0.706. The van der Waals surface area contributed by atoms with Crippen LogP contribution in [-0.4, -0.2) is 28.4 Å². The first-order valence-electron chi connectivity index (χ1n) is 9.46. The molecule has 1 amide bonds. The summed E-state index contributed by atoms with van der Waals surface area (Å²) in [6.07, 6.45) is 0.696. The number of thiophene rings is 1. The number of aromatic amines is 1. The number of benzene rings is 1. The van der Waals surface area contributed by atoms with Crippen molar-refractivity contribution in [2.45, 2.75) is 39.7 Å². The van der Waals surface area contributed by atoms with Crippen LogP contribution in [0.3, 0.4) is 0 Å². The van der Waals surface area contributed by atoms with Crippen LogP contribution in [0, 0.1) is 13.8 Å². The van der Waals surface area contributed by atoms with Gasteiger partial charge in [0, 0.05) is 23.5 Å². The second-order valence-electron chi connectivity index (χ2n) is 7.16. The Labute approximate surface area is 171 Å². The number of carbonyl (C=O) groups excluding carboxylic acids is 2. The Bertz CT molecular complexity index is 1160. The zero-order valence-corrected chi connectivity index (χ0v) is 17.3. The molecule has 0 saturated carbocycles. The molecule has 150 valence electrons. The molecule has 1 aliphatic rings. The third-order valence-electron chi connectivity index (χ3n) is 5.21. The fourth-order valence-electron chi connectivity index (χ4n) is 3.45. The number of rotatable bonds is 4. The zero-order valence-electron chi connectivity index (χ0n) is 16.4.